The fraction of sp³-hybridized carbons (Fsp3) is 0.200. The summed E-state index contributed by atoms with van der Waals surface area (Å²) in [6.45, 7) is 2.35. The maximum absolute atomic E-state index is 14.1. The molecule has 156 valence electrons. The lowest BCUT2D eigenvalue weighted by Gasteiger charge is -2.29. The number of nitrogens with zero attached hydrogens (tertiary/aromatic N) is 2. The summed E-state index contributed by atoms with van der Waals surface area (Å²) < 4.78 is 21.3. The summed E-state index contributed by atoms with van der Waals surface area (Å²) >= 11 is 0. The quantitative estimate of drug-likeness (QED) is 0.487. The number of aromatic nitrogens is 1. The van der Waals surface area contributed by atoms with Crippen LogP contribution in [-0.2, 0) is 13.0 Å². The second-order valence-corrected chi connectivity index (χ2v) is 7.80. The number of hydrogen-bond acceptors (Lipinski definition) is 3. The molecule has 31 heavy (non-hydrogen) atoms. The number of rotatable bonds is 3. The molecule has 0 saturated heterocycles. The second-order valence-electron chi connectivity index (χ2n) is 7.80. The number of pyridine rings is 1. The molecule has 4 aromatic rings. The zero-order chi connectivity index (χ0) is 21.5. The number of halogens is 1. The van der Waals surface area contributed by atoms with E-state index >= 15 is 0 Å². The number of benzene rings is 2. The number of hydrogen-bond donors (Lipinski definition) is 0. The van der Waals surface area contributed by atoms with Gasteiger partial charge in [0.05, 0.1) is 17.5 Å². The third-order valence-electron chi connectivity index (χ3n) is 5.86. The molecule has 0 aliphatic carbocycles. The van der Waals surface area contributed by atoms with Crippen LogP contribution in [0.4, 0.5) is 10.1 Å². The Morgan fingerprint density at radius 2 is 1.87 bits per heavy atom. The van der Waals surface area contributed by atoms with E-state index in [1.807, 2.05) is 24.3 Å². The minimum atomic E-state index is -0.376. The first-order chi connectivity index (χ1) is 15.0. The minimum Gasteiger partial charge on any atom is -0.460 e. The number of carbonyl (C=O) groups excluding carboxylic acids is 1. The van der Waals surface area contributed by atoms with Crippen molar-refractivity contribution < 1.29 is 13.6 Å². The van der Waals surface area contributed by atoms with Gasteiger partial charge in [0.15, 0.2) is 0 Å². The number of fused-ring (bicyclic) bond motifs is 2. The van der Waals surface area contributed by atoms with E-state index < -0.39 is 0 Å². The Hall–Kier alpha value is -3.67. The van der Waals surface area contributed by atoms with Crippen LogP contribution in [0, 0.1) is 12.7 Å². The lowest BCUT2D eigenvalue weighted by atomic mass is 10.0. The molecule has 2 aromatic carbocycles. The molecule has 5 nitrogen and oxygen atoms in total. The summed E-state index contributed by atoms with van der Waals surface area (Å²) in [5, 5.41) is 0.240. The van der Waals surface area contributed by atoms with Crippen molar-refractivity contribution in [2.75, 3.05) is 11.4 Å². The third-order valence-corrected chi connectivity index (χ3v) is 5.86. The van der Waals surface area contributed by atoms with Gasteiger partial charge in [-0.25, -0.2) is 4.39 Å². The maximum Gasteiger partial charge on any atom is 0.262 e. The Labute approximate surface area is 178 Å². The van der Waals surface area contributed by atoms with E-state index in [2.05, 4.69) is 0 Å². The first-order valence-corrected chi connectivity index (χ1v) is 10.3. The zero-order valence-corrected chi connectivity index (χ0v) is 17.1. The second kappa shape index (κ2) is 7.54. The standard InChI is InChI=1S/C25H21FN2O3/c1-16-22(25(30)28-13-6-9-17-7-3-5-11-20(17)28)23-21(31-16)12-14-27(24(23)29)15-18-8-2-4-10-19(18)26/h2-5,7-8,10-12,14H,6,9,13,15H2,1H3. The number of amides is 1. The predicted octanol–water partition coefficient (Wildman–Crippen LogP) is 4.68. The Bertz CT molecular complexity index is 1370. The molecule has 0 bridgehead atoms. The Kier molecular flexibility index (Phi) is 4.70. The number of para-hydroxylation sites is 1. The molecule has 0 radical (unpaired) electrons. The van der Waals surface area contributed by atoms with Crippen molar-refractivity contribution >= 4 is 22.6 Å². The van der Waals surface area contributed by atoms with E-state index in [0.717, 1.165) is 24.1 Å². The first-order valence-electron chi connectivity index (χ1n) is 10.3. The number of anilines is 1. The fourth-order valence-corrected chi connectivity index (χ4v) is 4.34. The number of furan rings is 1. The molecule has 2 aromatic heterocycles. The van der Waals surface area contributed by atoms with Gasteiger partial charge >= 0.3 is 0 Å². The van der Waals surface area contributed by atoms with Crippen LogP contribution < -0.4 is 10.5 Å². The minimum absolute atomic E-state index is 0.0753. The molecule has 0 fully saturated rings. The summed E-state index contributed by atoms with van der Waals surface area (Å²) in [7, 11) is 0. The molecule has 0 atom stereocenters. The summed E-state index contributed by atoms with van der Waals surface area (Å²) in [6, 6.07) is 15.8. The molecule has 0 unspecified atom stereocenters. The third kappa shape index (κ3) is 3.24. The van der Waals surface area contributed by atoms with Crippen LogP contribution in [0.3, 0.4) is 0 Å². The van der Waals surface area contributed by atoms with Crippen LogP contribution >= 0.6 is 0 Å². The molecular weight excluding hydrogens is 395 g/mol. The molecular formula is C25H21FN2O3. The molecule has 0 spiro atoms. The average Bonchev–Trinajstić information content (AvgIpc) is 3.13. The normalized spacial score (nSPS) is 13.4. The monoisotopic (exact) mass is 416 g/mol. The van der Waals surface area contributed by atoms with Crippen molar-refractivity contribution in [1.82, 2.24) is 4.57 Å². The molecule has 0 saturated carbocycles. The van der Waals surface area contributed by atoms with Gasteiger partial charge in [0.1, 0.15) is 17.2 Å². The smallest absolute Gasteiger partial charge is 0.262 e. The lowest BCUT2D eigenvalue weighted by Crippen LogP contribution is -2.36. The van der Waals surface area contributed by atoms with Crippen LogP contribution in [0.25, 0.3) is 11.0 Å². The van der Waals surface area contributed by atoms with Gasteiger partial charge in [-0.05, 0) is 43.5 Å². The summed E-state index contributed by atoms with van der Waals surface area (Å²) in [4.78, 5) is 28.6. The average molecular weight is 416 g/mol. The zero-order valence-electron chi connectivity index (χ0n) is 17.1. The number of carbonyl (C=O) groups is 1. The molecule has 1 aliphatic rings. The van der Waals surface area contributed by atoms with Crippen LogP contribution in [0.15, 0.2) is 70.0 Å². The molecule has 1 amide bonds. The molecule has 5 rings (SSSR count). The maximum atomic E-state index is 14.1. The van der Waals surface area contributed by atoms with E-state index in [4.69, 9.17) is 4.42 Å². The van der Waals surface area contributed by atoms with E-state index in [9.17, 15) is 14.0 Å². The topological polar surface area (TPSA) is 55.5 Å². The van der Waals surface area contributed by atoms with Crippen molar-refractivity contribution in [3.8, 4) is 0 Å². The van der Waals surface area contributed by atoms with Gasteiger partial charge < -0.3 is 13.9 Å². The first kappa shape index (κ1) is 19.3. The van der Waals surface area contributed by atoms with Crippen molar-refractivity contribution in [3.05, 3.63) is 99.4 Å². The van der Waals surface area contributed by atoms with Gasteiger partial charge in [-0.2, -0.15) is 0 Å². The fourth-order valence-electron chi connectivity index (χ4n) is 4.34. The number of aryl methyl sites for hydroxylation is 2. The predicted molar refractivity (Wildman–Crippen MR) is 117 cm³/mol. The SMILES string of the molecule is Cc1oc2ccn(Cc3ccccc3F)c(=O)c2c1C(=O)N1CCCc2ccccc21. The van der Waals surface area contributed by atoms with Gasteiger partial charge in [-0.3, -0.25) is 9.59 Å². The van der Waals surface area contributed by atoms with Crippen molar-refractivity contribution in [3.63, 3.8) is 0 Å². The summed E-state index contributed by atoms with van der Waals surface area (Å²) in [6.07, 6.45) is 3.35. The lowest BCUT2D eigenvalue weighted by molar-refractivity contribution is 0.0985. The Morgan fingerprint density at radius 1 is 1.10 bits per heavy atom. The van der Waals surface area contributed by atoms with Gasteiger partial charge in [0, 0.05) is 24.0 Å². The van der Waals surface area contributed by atoms with Gasteiger partial charge in [-0.15, -0.1) is 0 Å². The highest BCUT2D eigenvalue weighted by atomic mass is 19.1. The van der Waals surface area contributed by atoms with Crippen molar-refractivity contribution in [1.29, 1.82) is 0 Å². The van der Waals surface area contributed by atoms with E-state index in [0.29, 0.717) is 23.5 Å². The van der Waals surface area contributed by atoms with Crippen molar-refractivity contribution in [2.45, 2.75) is 26.3 Å². The van der Waals surface area contributed by atoms with E-state index in [-0.39, 0.29) is 34.8 Å². The molecule has 1 aliphatic heterocycles. The Balaban J connectivity index is 1.61. The highest BCUT2D eigenvalue weighted by Gasteiger charge is 2.29. The van der Waals surface area contributed by atoms with Crippen LogP contribution in [0.1, 0.15) is 33.7 Å². The van der Waals surface area contributed by atoms with Crippen molar-refractivity contribution in [2.24, 2.45) is 0 Å². The van der Waals surface area contributed by atoms with Gasteiger partial charge in [0.2, 0.25) is 0 Å². The summed E-state index contributed by atoms with van der Waals surface area (Å²) in [5.41, 5.74) is 2.66. The molecule has 3 heterocycles. The highest BCUT2D eigenvalue weighted by Crippen LogP contribution is 2.31. The molecule has 6 heteroatoms. The highest BCUT2D eigenvalue weighted by molar-refractivity contribution is 6.14. The van der Waals surface area contributed by atoms with Crippen LogP contribution in [0.5, 0.6) is 0 Å². The van der Waals surface area contributed by atoms with Crippen LogP contribution in [0.2, 0.25) is 0 Å². The molecule has 0 N–H and O–H groups in total. The summed E-state index contributed by atoms with van der Waals surface area (Å²) in [5.74, 6) is -0.216. The van der Waals surface area contributed by atoms with Crippen LogP contribution in [-0.4, -0.2) is 17.0 Å². The van der Waals surface area contributed by atoms with Gasteiger partial charge in [0.25, 0.3) is 11.5 Å². The van der Waals surface area contributed by atoms with E-state index in [1.165, 1.54) is 10.6 Å². The largest absolute Gasteiger partial charge is 0.460 e. The van der Waals surface area contributed by atoms with E-state index in [1.54, 1.807) is 42.3 Å². The Morgan fingerprint density at radius 3 is 2.71 bits per heavy atom. The van der Waals surface area contributed by atoms with Gasteiger partial charge in [-0.1, -0.05) is 36.4 Å².